The van der Waals surface area contributed by atoms with Crippen molar-refractivity contribution in [2.45, 2.75) is 45.8 Å². The Morgan fingerprint density at radius 1 is 1.09 bits per heavy atom. The highest BCUT2D eigenvalue weighted by molar-refractivity contribution is 9.10. The Kier molecular flexibility index (Phi) is 10.2. The van der Waals surface area contributed by atoms with Crippen LogP contribution >= 0.6 is 39.1 Å². The minimum atomic E-state index is -3.87. The van der Waals surface area contributed by atoms with Gasteiger partial charge in [0.05, 0.1) is 11.9 Å². The van der Waals surface area contributed by atoms with Gasteiger partial charge in [-0.05, 0) is 56.2 Å². The van der Waals surface area contributed by atoms with Crippen LogP contribution < -0.4 is 9.62 Å². The second-order valence-corrected chi connectivity index (χ2v) is 11.7. The number of rotatable bonds is 10. The van der Waals surface area contributed by atoms with E-state index in [1.54, 1.807) is 6.92 Å². The largest absolute Gasteiger partial charge is 0.352 e. The fourth-order valence-corrected chi connectivity index (χ4v) is 4.97. The molecule has 2 aromatic rings. The normalized spacial score (nSPS) is 13.1. The van der Waals surface area contributed by atoms with Crippen LogP contribution in [0.5, 0.6) is 0 Å². The maximum atomic E-state index is 13.5. The second-order valence-electron chi connectivity index (χ2n) is 8.04. The number of carbonyl (C=O) groups excluding carboxylic acids is 2. The Morgan fingerprint density at radius 3 is 2.24 bits per heavy atom. The summed E-state index contributed by atoms with van der Waals surface area (Å²) in [6.07, 6.45) is 1.72. The molecule has 0 saturated carbocycles. The third kappa shape index (κ3) is 8.15. The third-order valence-corrected chi connectivity index (χ3v) is 7.30. The number of hydrogen-bond acceptors (Lipinski definition) is 4. The van der Waals surface area contributed by atoms with Crippen molar-refractivity contribution < 1.29 is 18.0 Å². The fraction of sp³-hybridized carbons (Fsp3) is 0.391. The minimum absolute atomic E-state index is 0.0705. The number of anilines is 1. The molecule has 0 heterocycles. The number of hydrogen-bond donors (Lipinski definition) is 1. The molecule has 186 valence electrons. The number of sulfonamides is 1. The van der Waals surface area contributed by atoms with Crippen molar-refractivity contribution in [2.24, 2.45) is 0 Å². The van der Waals surface area contributed by atoms with Crippen molar-refractivity contribution in [3.8, 4) is 0 Å². The summed E-state index contributed by atoms with van der Waals surface area (Å²) in [4.78, 5) is 27.7. The first-order chi connectivity index (χ1) is 15.8. The molecule has 0 aromatic heterocycles. The van der Waals surface area contributed by atoms with Crippen LogP contribution in [0.15, 0.2) is 46.9 Å². The molecule has 0 unspecified atom stereocenters. The smallest absolute Gasteiger partial charge is 0.244 e. The molecule has 0 aliphatic heterocycles. The van der Waals surface area contributed by atoms with Gasteiger partial charge in [-0.3, -0.25) is 13.9 Å². The first kappa shape index (κ1) is 28.4. The maximum absolute atomic E-state index is 13.5. The van der Waals surface area contributed by atoms with Crippen LogP contribution in [0.2, 0.25) is 10.0 Å². The molecule has 11 heteroatoms. The lowest BCUT2D eigenvalue weighted by atomic mass is 10.1. The van der Waals surface area contributed by atoms with Gasteiger partial charge in [0.15, 0.2) is 0 Å². The van der Waals surface area contributed by atoms with Gasteiger partial charge in [0.1, 0.15) is 12.6 Å². The van der Waals surface area contributed by atoms with E-state index in [1.165, 1.54) is 23.1 Å². The second kappa shape index (κ2) is 12.2. The predicted octanol–water partition coefficient (Wildman–Crippen LogP) is 4.85. The van der Waals surface area contributed by atoms with Crippen molar-refractivity contribution in [3.05, 3.63) is 62.5 Å². The zero-order valence-corrected chi connectivity index (χ0v) is 23.3. The van der Waals surface area contributed by atoms with Gasteiger partial charge in [-0.25, -0.2) is 8.42 Å². The number of benzene rings is 2. The van der Waals surface area contributed by atoms with E-state index in [-0.39, 0.29) is 34.2 Å². The SMILES string of the molecule is CC[C@H](C)NC(=O)[C@H](C)N(Cc1cccc(Br)c1)C(=O)CN(c1cc(Cl)cc(Cl)c1)S(C)(=O)=O. The van der Waals surface area contributed by atoms with E-state index in [0.717, 1.165) is 27.0 Å². The van der Waals surface area contributed by atoms with Gasteiger partial charge in [-0.1, -0.05) is 58.2 Å². The summed E-state index contributed by atoms with van der Waals surface area (Å²) in [5, 5.41) is 3.35. The lowest BCUT2D eigenvalue weighted by Crippen LogP contribution is -2.52. The lowest BCUT2D eigenvalue weighted by molar-refractivity contribution is -0.139. The summed E-state index contributed by atoms with van der Waals surface area (Å²) < 4.78 is 26.9. The molecule has 2 amide bonds. The summed E-state index contributed by atoms with van der Waals surface area (Å²) in [5.74, 6) is -0.872. The Morgan fingerprint density at radius 2 is 1.71 bits per heavy atom. The van der Waals surface area contributed by atoms with E-state index in [0.29, 0.717) is 0 Å². The number of amides is 2. The number of carbonyl (C=O) groups is 2. The summed E-state index contributed by atoms with van der Waals surface area (Å²) in [7, 11) is -3.87. The molecule has 0 radical (unpaired) electrons. The van der Waals surface area contributed by atoms with Gasteiger partial charge in [0.25, 0.3) is 0 Å². The summed E-state index contributed by atoms with van der Waals surface area (Å²) in [5.41, 5.74) is 0.940. The molecule has 2 rings (SSSR count). The predicted molar refractivity (Wildman–Crippen MR) is 141 cm³/mol. The topological polar surface area (TPSA) is 86.8 Å². The number of nitrogens with zero attached hydrogens (tertiary/aromatic N) is 2. The molecule has 0 spiro atoms. The molecule has 0 bridgehead atoms. The summed E-state index contributed by atoms with van der Waals surface area (Å²) in [6.45, 7) is 5.03. The average molecular weight is 593 g/mol. The zero-order chi connectivity index (χ0) is 25.6. The van der Waals surface area contributed by atoms with Gasteiger partial charge in [0, 0.05) is 27.1 Å². The molecular formula is C23H28BrCl2N3O4S. The number of nitrogens with one attached hydrogen (secondary N) is 1. The van der Waals surface area contributed by atoms with Gasteiger partial charge in [-0.2, -0.15) is 0 Å². The summed E-state index contributed by atoms with van der Waals surface area (Å²) >= 11 is 15.5. The van der Waals surface area contributed by atoms with E-state index in [2.05, 4.69) is 21.2 Å². The van der Waals surface area contributed by atoms with Crippen LogP contribution in [-0.2, 0) is 26.2 Å². The van der Waals surface area contributed by atoms with Crippen molar-refractivity contribution in [2.75, 3.05) is 17.1 Å². The van der Waals surface area contributed by atoms with E-state index in [1.807, 2.05) is 38.1 Å². The van der Waals surface area contributed by atoms with E-state index >= 15 is 0 Å². The highest BCUT2D eigenvalue weighted by atomic mass is 79.9. The van der Waals surface area contributed by atoms with Crippen molar-refractivity contribution in [1.29, 1.82) is 0 Å². The molecule has 7 nitrogen and oxygen atoms in total. The maximum Gasteiger partial charge on any atom is 0.244 e. The lowest BCUT2D eigenvalue weighted by Gasteiger charge is -2.32. The highest BCUT2D eigenvalue weighted by Crippen LogP contribution is 2.27. The van der Waals surface area contributed by atoms with Crippen LogP contribution in [0.1, 0.15) is 32.8 Å². The van der Waals surface area contributed by atoms with Crippen molar-refractivity contribution in [3.63, 3.8) is 0 Å². The third-order valence-electron chi connectivity index (χ3n) is 5.22. The molecule has 0 fully saturated rings. The number of halogens is 3. The van der Waals surface area contributed by atoms with Gasteiger partial charge in [0.2, 0.25) is 21.8 Å². The van der Waals surface area contributed by atoms with Crippen molar-refractivity contribution >= 4 is 66.7 Å². The fourth-order valence-electron chi connectivity index (χ4n) is 3.18. The van der Waals surface area contributed by atoms with E-state index < -0.39 is 28.5 Å². The van der Waals surface area contributed by atoms with E-state index in [4.69, 9.17) is 23.2 Å². The highest BCUT2D eigenvalue weighted by Gasteiger charge is 2.30. The first-order valence-corrected chi connectivity index (χ1v) is 14.0. The van der Waals surface area contributed by atoms with Crippen LogP contribution in [0, 0.1) is 0 Å². The molecular weight excluding hydrogens is 565 g/mol. The quantitative estimate of drug-likeness (QED) is 0.427. The van der Waals surface area contributed by atoms with Crippen LogP contribution in [0.25, 0.3) is 0 Å². The standard InChI is InChI=1S/C23H28BrCl2N3O4S/c1-5-15(2)27-23(31)16(3)28(13-17-7-6-8-18(24)9-17)22(30)14-29(34(4,32)33)21-11-19(25)10-20(26)12-21/h6-12,15-16H,5,13-14H2,1-4H3,(H,27,31)/t15-,16-/m0/s1. The van der Waals surface area contributed by atoms with Gasteiger partial charge < -0.3 is 10.2 Å². The Bertz CT molecular complexity index is 1130. The summed E-state index contributed by atoms with van der Waals surface area (Å²) in [6, 6.07) is 10.7. The average Bonchev–Trinajstić information content (AvgIpc) is 2.73. The molecule has 2 aromatic carbocycles. The van der Waals surface area contributed by atoms with Crippen molar-refractivity contribution in [1.82, 2.24) is 10.2 Å². The minimum Gasteiger partial charge on any atom is -0.352 e. The van der Waals surface area contributed by atoms with Crippen LogP contribution in [-0.4, -0.2) is 50.0 Å². The Hall–Kier alpha value is -1.81. The monoisotopic (exact) mass is 591 g/mol. The Balaban J connectivity index is 2.42. The molecule has 0 aliphatic rings. The van der Waals surface area contributed by atoms with Gasteiger partial charge >= 0.3 is 0 Å². The zero-order valence-electron chi connectivity index (χ0n) is 19.4. The van der Waals surface area contributed by atoms with Crippen LogP contribution in [0.4, 0.5) is 5.69 Å². The Labute approximate surface area is 219 Å². The molecule has 0 saturated heterocycles. The first-order valence-electron chi connectivity index (χ1n) is 10.6. The molecule has 1 N–H and O–H groups in total. The molecule has 34 heavy (non-hydrogen) atoms. The molecule has 2 atom stereocenters. The van der Waals surface area contributed by atoms with E-state index in [9.17, 15) is 18.0 Å². The van der Waals surface area contributed by atoms with Crippen LogP contribution in [0.3, 0.4) is 0 Å². The van der Waals surface area contributed by atoms with Gasteiger partial charge in [-0.15, -0.1) is 0 Å². The molecule has 0 aliphatic carbocycles.